The van der Waals surface area contributed by atoms with Crippen LogP contribution in [0.1, 0.15) is 5.56 Å². The first-order valence-electron chi connectivity index (χ1n) is 7.64. The van der Waals surface area contributed by atoms with E-state index in [2.05, 4.69) is 5.10 Å². The Morgan fingerprint density at radius 3 is 2.56 bits per heavy atom. The molecule has 1 heterocycles. The number of benzene rings is 2. The summed E-state index contributed by atoms with van der Waals surface area (Å²) >= 11 is 0. The number of aryl methyl sites for hydroxylation is 1. The number of alkyl halides is 2. The first kappa shape index (κ1) is 17.4. The van der Waals surface area contributed by atoms with Gasteiger partial charge in [-0.2, -0.15) is 13.9 Å². The van der Waals surface area contributed by atoms with Gasteiger partial charge in [-0.1, -0.05) is 39.1 Å². The summed E-state index contributed by atoms with van der Waals surface area (Å²) in [6, 6.07) is 16.5. The molecule has 0 aliphatic heterocycles. The summed E-state index contributed by atoms with van der Waals surface area (Å²) in [4.78, 5) is 0. The Hall–Kier alpha value is -2.46. The lowest BCUT2D eigenvalue weighted by atomic mass is 10.1. The van der Waals surface area contributed by atoms with Gasteiger partial charge in [0.05, 0.1) is 11.4 Å². The van der Waals surface area contributed by atoms with Gasteiger partial charge in [-0.15, -0.1) is 0 Å². The van der Waals surface area contributed by atoms with Crippen LogP contribution in [-0.4, -0.2) is 22.1 Å². The fourth-order valence-corrected chi connectivity index (χ4v) is 2.50. The molecular weight excluding hydrogens is 343 g/mol. The van der Waals surface area contributed by atoms with Gasteiger partial charge in [0.1, 0.15) is 11.6 Å². The number of nitrogens with zero attached hydrogens (tertiary/aromatic N) is 2. The predicted molar refractivity (Wildman–Crippen MR) is 98.3 cm³/mol. The molecule has 0 spiro atoms. The Labute approximate surface area is 146 Å². The molecule has 3 rings (SSSR count). The zero-order valence-corrected chi connectivity index (χ0v) is 14.8. The second-order valence-electron chi connectivity index (χ2n) is 5.78. The minimum absolute atomic E-state index is 0.356. The summed E-state index contributed by atoms with van der Waals surface area (Å²) in [5, 5.41) is 4.33. The molecule has 0 saturated heterocycles. The third-order valence-electron chi connectivity index (χ3n) is 3.57. The molecule has 0 aliphatic rings. The second-order valence-corrected chi connectivity index (χ2v) is 6.62. The van der Waals surface area contributed by atoms with Crippen LogP contribution in [-0.2, 0) is 0 Å². The fraction of sp³-hybridized carbons (Fsp3) is 0.167. The molecule has 1 unspecified atom stereocenters. The highest BCUT2D eigenvalue weighted by Gasteiger charge is 2.22. The van der Waals surface area contributed by atoms with Crippen molar-refractivity contribution in [1.82, 2.24) is 9.78 Å². The van der Waals surface area contributed by atoms with E-state index in [-0.39, 0.29) is 0 Å². The quantitative estimate of drug-likeness (QED) is 0.690. The third-order valence-corrected chi connectivity index (χ3v) is 3.73. The summed E-state index contributed by atoms with van der Waals surface area (Å²) in [5.41, 5.74) is 6.43. The minimum Gasteiger partial charge on any atom is -0.487 e. The number of anilines is 1. The van der Waals surface area contributed by atoms with Crippen molar-refractivity contribution in [2.45, 2.75) is 12.6 Å². The van der Waals surface area contributed by atoms with E-state index in [1.54, 1.807) is 28.9 Å². The number of hydrogen-bond donors (Lipinski definition) is 1. The normalized spacial score (nSPS) is 11.5. The molecule has 1 atom stereocenters. The van der Waals surface area contributed by atoms with E-state index in [0.29, 0.717) is 11.6 Å². The van der Waals surface area contributed by atoms with Crippen molar-refractivity contribution in [3.63, 3.8) is 0 Å². The molecule has 25 heavy (non-hydrogen) atoms. The van der Waals surface area contributed by atoms with Crippen LogP contribution in [0.15, 0.2) is 54.6 Å². The fourth-order valence-electron chi connectivity index (χ4n) is 2.41. The van der Waals surface area contributed by atoms with E-state index in [0.717, 1.165) is 22.5 Å². The maximum absolute atomic E-state index is 13.0. The number of rotatable bonds is 5. The zero-order valence-electron chi connectivity index (χ0n) is 13.6. The van der Waals surface area contributed by atoms with Crippen LogP contribution in [0.2, 0.25) is 0 Å². The Morgan fingerprint density at radius 2 is 1.88 bits per heavy atom. The van der Waals surface area contributed by atoms with Gasteiger partial charge < -0.3 is 10.5 Å². The average Bonchev–Trinajstić information content (AvgIpc) is 2.95. The lowest BCUT2D eigenvalue weighted by molar-refractivity contribution is 0.0462. The molecule has 2 N–H and O–H groups in total. The van der Waals surface area contributed by atoms with Crippen molar-refractivity contribution >= 4 is 15.1 Å². The molecule has 2 aromatic carbocycles. The first-order chi connectivity index (χ1) is 11.8. The SMILES string of the molecule is Cc1ccc(-n2nc(N)cc2-c2cccc(OCC(F)(F)P)c2)cc1. The average molecular weight is 361 g/mol. The van der Waals surface area contributed by atoms with E-state index in [4.69, 9.17) is 10.5 Å². The number of aromatic nitrogens is 2. The Kier molecular flexibility index (Phi) is 4.73. The van der Waals surface area contributed by atoms with Crippen LogP contribution >= 0.6 is 9.24 Å². The van der Waals surface area contributed by atoms with Crippen LogP contribution in [0.4, 0.5) is 14.6 Å². The van der Waals surface area contributed by atoms with Crippen molar-refractivity contribution in [3.8, 4) is 22.7 Å². The molecule has 7 heteroatoms. The molecule has 1 aromatic heterocycles. The number of halogens is 2. The maximum Gasteiger partial charge on any atom is 0.291 e. The highest BCUT2D eigenvalue weighted by atomic mass is 31.0. The molecule has 0 saturated carbocycles. The number of nitrogens with two attached hydrogens (primary N) is 1. The Morgan fingerprint density at radius 1 is 1.16 bits per heavy atom. The van der Waals surface area contributed by atoms with E-state index in [9.17, 15) is 8.78 Å². The van der Waals surface area contributed by atoms with E-state index in [1.807, 2.05) is 37.3 Å². The molecule has 130 valence electrons. The van der Waals surface area contributed by atoms with Crippen molar-refractivity contribution in [2.75, 3.05) is 12.3 Å². The molecule has 0 amide bonds. The van der Waals surface area contributed by atoms with Crippen molar-refractivity contribution in [1.29, 1.82) is 0 Å². The second kappa shape index (κ2) is 6.81. The topological polar surface area (TPSA) is 53.1 Å². The largest absolute Gasteiger partial charge is 0.487 e. The summed E-state index contributed by atoms with van der Waals surface area (Å²) < 4.78 is 32.8. The smallest absolute Gasteiger partial charge is 0.291 e. The van der Waals surface area contributed by atoms with Gasteiger partial charge >= 0.3 is 0 Å². The zero-order chi connectivity index (χ0) is 18.0. The molecule has 0 aliphatic carbocycles. The van der Waals surface area contributed by atoms with Crippen LogP contribution < -0.4 is 10.5 Å². The van der Waals surface area contributed by atoms with Crippen molar-refractivity contribution in [2.24, 2.45) is 0 Å². The van der Waals surface area contributed by atoms with Gasteiger partial charge in [-0.25, -0.2) is 4.68 Å². The lowest BCUT2D eigenvalue weighted by Crippen LogP contribution is -2.17. The Bertz CT molecular complexity index is 873. The maximum atomic E-state index is 13.0. The van der Waals surface area contributed by atoms with E-state index >= 15 is 0 Å². The van der Waals surface area contributed by atoms with Crippen molar-refractivity contribution < 1.29 is 13.5 Å². The van der Waals surface area contributed by atoms with E-state index < -0.39 is 12.3 Å². The molecular formula is C18H18F2N3OP. The summed E-state index contributed by atoms with van der Waals surface area (Å²) in [6.45, 7) is 1.30. The van der Waals surface area contributed by atoms with Crippen LogP contribution in [0.3, 0.4) is 0 Å². The van der Waals surface area contributed by atoms with Gasteiger partial charge in [-0.05, 0) is 31.2 Å². The van der Waals surface area contributed by atoms with Crippen LogP contribution in [0, 0.1) is 6.92 Å². The minimum atomic E-state index is -2.97. The monoisotopic (exact) mass is 361 g/mol. The number of hydrogen-bond acceptors (Lipinski definition) is 3. The number of ether oxygens (including phenoxy) is 1. The summed E-state index contributed by atoms with van der Waals surface area (Å²) in [5.74, 6) is 0.730. The lowest BCUT2D eigenvalue weighted by Gasteiger charge is -2.13. The van der Waals surface area contributed by atoms with Gasteiger partial charge in [0.2, 0.25) is 0 Å². The van der Waals surface area contributed by atoms with Gasteiger partial charge in [-0.3, -0.25) is 0 Å². The number of nitrogen functional groups attached to an aromatic ring is 1. The Balaban J connectivity index is 1.96. The molecule has 0 fully saturated rings. The predicted octanol–water partition coefficient (Wildman–Crippen LogP) is 4.28. The molecule has 4 nitrogen and oxygen atoms in total. The first-order valence-corrected chi connectivity index (χ1v) is 8.22. The highest BCUT2D eigenvalue weighted by molar-refractivity contribution is 7.18. The van der Waals surface area contributed by atoms with Crippen LogP contribution in [0.5, 0.6) is 5.75 Å². The summed E-state index contributed by atoms with van der Waals surface area (Å²) in [6.07, 6.45) is 0. The van der Waals surface area contributed by atoms with Gasteiger partial charge in [0, 0.05) is 11.6 Å². The molecule has 0 radical (unpaired) electrons. The molecule has 0 bridgehead atoms. The van der Waals surface area contributed by atoms with Gasteiger partial charge in [0.25, 0.3) is 5.66 Å². The van der Waals surface area contributed by atoms with Crippen LogP contribution in [0.25, 0.3) is 16.9 Å². The standard InChI is InChI=1S/C18H18F2N3OP/c1-12-5-7-14(8-6-12)23-16(10-17(21)22-23)13-3-2-4-15(9-13)24-11-18(19,20)25/h2-10H,11,25H2,1H3,(H2,21,22). The van der Waals surface area contributed by atoms with Crippen molar-refractivity contribution in [3.05, 3.63) is 60.2 Å². The molecule has 3 aromatic rings. The highest BCUT2D eigenvalue weighted by Crippen LogP contribution is 2.29. The summed E-state index contributed by atoms with van der Waals surface area (Å²) in [7, 11) is 1.46. The third kappa shape index (κ3) is 4.34. The van der Waals surface area contributed by atoms with Gasteiger partial charge in [0.15, 0.2) is 6.61 Å². The van der Waals surface area contributed by atoms with E-state index in [1.165, 1.54) is 9.24 Å².